The van der Waals surface area contributed by atoms with Gasteiger partial charge in [0, 0.05) is 17.8 Å². The average molecular weight is 167 g/mol. The Kier molecular flexibility index (Phi) is 1.67. The number of hydrogen-bond acceptors (Lipinski definition) is 2. The second-order valence-electron chi connectivity index (χ2n) is 3.94. The number of Topliss-reactive ketones (excluding diaryl/α,β-unsaturated/α-hetero) is 1. The Morgan fingerprint density at radius 3 is 2.17 bits per heavy atom. The third-order valence-corrected chi connectivity index (χ3v) is 3.21. The third-order valence-electron chi connectivity index (χ3n) is 3.21. The Bertz CT molecular complexity index is 221. The standard InChI is InChI=1S/C9H13NO2/c10-9(12)7-3-5-1-2-6(4-7)8(5)11/h5-7H,1-4H2,(H2,10,12)/t5-,6-/m1/s1. The summed E-state index contributed by atoms with van der Waals surface area (Å²) in [5, 5.41) is 0. The molecule has 2 bridgehead atoms. The molecule has 2 rings (SSSR count). The van der Waals surface area contributed by atoms with Crippen LogP contribution in [0.25, 0.3) is 0 Å². The Labute approximate surface area is 71.3 Å². The molecule has 2 atom stereocenters. The molecule has 0 spiro atoms. The van der Waals surface area contributed by atoms with Gasteiger partial charge in [-0.3, -0.25) is 9.59 Å². The van der Waals surface area contributed by atoms with Gasteiger partial charge in [0.05, 0.1) is 0 Å². The lowest BCUT2D eigenvalue weighted by atomic mass is 9.80. The zero-order valence-corrected chi connectivity index (χ0v) is 6.95. The second kappa shape index (κ2) is 2.57. The van der Waals surface area contributed by atoms with E-state index in [2.05, 4.69) is 0 Å². The van der Waals surface area contributed by atoms with Gasteiger partial charge in [-0.15, -0.1) is 0 Å². The van der Waals surface area contributed by atoms with Crippen LogP contribution in [0.1, 0.15) is 25.7 Å². The Hall–Kier alpha value is -0.860. The van der Waals surface area contributed by atoms with Crippen LogP contribution in [0, 0.1) is 17.8 Å². The summed E-state index contributed by atoms with van der Waals surface area (Å²) in [5.74, 6) is 0.439. The van der Waals surface area contributed by atoms with E-state index < -0.39 is 0 Å². The minimum Gasteiger partial charge on any atom is -0.369 e. The number of ketones is 1. The van der Waals surface area contributed by atoms with E-state index in [1.165, 1.54) is 0 Å². The third kappa shape index (κ3) is 1.04. The van der Waals surface area contributed by atoms with Gasteiger partial charge in [-0.05, 0) is 25.7 Å². The number of fused-ring (bicyclic) bond motifs is 2. The first-order valence-electron chi connectivity index (χ1n) is 4.51. The highest BCUT2D eigenvalue weighted by atomic mass is 16.1. The largest absolute Gasteiger partial charge is 0.369 e. The van der Waals surface area contributed by atoms with Crippen molar-refractivity contribution in [2.45, 2.75) is 25.7 Å². The lowest BCUT2D eigenvalue weighted by Gasteiger charge is -2.23. The van der Waals surface area contributed by atoms with Crippen LogP contribution in [0.5, 0.6) is 0 Å². The Balaban J connectivity index is 2.12. The van der Waals surface area contributed by atoms with E-state index in [4.69, 9.17) is 5.73 Å². The van der Waals surface area contributed by atoms with Crippen LogP contribution < -0.4 is 5.73 Å². The molecule has 0 unspecified atom stereocenters. The fraction of sp³-hybridized carbons (Fsp3) is 0.778. The normalized spacial score (nSPS) is 40.0. The van der Waals surface area contributed by atoms with Crippen molar-refractivity contribution in [1.82, 2.24) is 0 Å². The van der Waals surface area contributed by atoms with Crippen molar-refractivity contribution in [3.8, 4) is 0 Å². The molecule has 1 amide bonds. The molecule has 0 aromatic rings. The van der Waals surface area contributed by atoms with E-state index >= 15 is 0 Å². The van der Waals surface area contributed by atoms with Crippen LogP contribution in [0.3, 0.4) is 0 Å². The number of rotatable bonds is 1. The number of carbonyl (C=O) groups excluding carboxylic acids is 2. The predicted molar refractivity (Wildman–Crippen MR) is 43.1 cm³/mol. The van der Waals surface area contributed by atoms with Crippen LogP contribution in [-0.4, -0.2) is 11.7 Å². The van der Waals surface area contributed by atoms with Gasteiger partial charge < -0.3 is 5.73 Å². The highest BCUT2D eigenvalue weighted by Crippen LogP contribution is 2.41. The molecule has 12 heavy (non-hydrogen) atoms. The second-order valence-corrected chi connectivity index (χ2v) is 3.94. The molecule has 2 saturated carbocycles. The van der Waals surface area contributed by atoms with Crippen LogP contribution >= 0.6 is 0 Å². The van der Waals surface area contributed by atoms with Gasteiger partial charge >= 0.3 is 0 Å². The zero-order chi connectivity index (χ0) is 8.72. The highest BCUT2D eigenvalue weighted by Gasteiger charge is 2.42. The van der Waals surface area contributed by atoms with Crippen LogP contribution in [0.15, 0.2) is 0 Å². The van der Waals surface area contributed by atoms with E-state index in [1.54, 1.807) is 0 Å². The predicted octanol–water partition coefficient (Wildman–Crippen LogP) is 0.477. The van der Waals surface area contributed by atoms with Crippen molar-refractivity contribution in [2.24, 2.45) is 23.5 Å². The molecule has 0 saturated heterocycles. The summed E-state index contributed by atoms with van der Waals surface area (Å²) in [6.07, 6.45) is 3.38. The number of carbonyl (C=O) groups is 2. The molecule has 0 aromatic carbocycles. The van der Waals surface area contributed by atoms with E-state index in [1.807, 2.05) is 0 Å². The molecule has 2 N–H and O–H groups in total. The van der Waals surface area contributed by atoms with E-state index in [9.17, 15) is 9.59 Å². The smallest absolute Gasteiger partial charge is 0.220 e. The molecule has 0 radical (unpaired) electrons. The summed E-state index contributed by atoms with van der Waals surface area (Å²) in [4.78, 5) is 22.3. The topological polar surface area (TPSA) is 60.2 Å². The van der Waals surface area contributed by atoms with Crippen LogP contribution in [-0.2, 0) is 9.59 Å². The summed E-state index contributed by atoms with van der Waals surface area (Å²) in [7, 11) is 0. The maximum Gasteiger partial charge on any atom is 0.220 e. The highest BCUT2D eigenvalue weighted by molar-refractivity contribution is 5.88. The molecule has 2 aliphatic rings. The van der Waals surface area contributed by atoms with Crippen LogP contribution in [0.4, 0.5) is 0 Å². The van der Waals surface area contributed by atoms with Gasteiger partial charge in [0.25, 0.3) is 0 Å². The minimum atomic E-state index is -0.223. The van der Waals surface area contributed by atoms with Crippen molar-refractivity contribution in [3.63, 3.8) is 0 Å². The van der Waals surface area contributed by atoms with Crippen LogP contribution in [0.2, 0.25) is 0 Å². The van der Waals surface area contributed by atoms with E-state index in [0.717, 1.165) is 12.8 Å². The van der Waals surface area contributed by atoms with Crippen molar-refractivity contribution >= 4 is 11.7 Å². The first-order chi connectivity index (χ1) is 5.68. The molecule has 0 aromatic heterocycles. The number of amides is 1. The first-order valence-corrected chi connectivity index (χ1v) is 4.51. The number of nitrogens with two attached hydrogens (primary N) is 1. The molecule has 3 nitrogen and oxygen atoms in total. The monoisotopic (exact) mass is 167 g/mol. The van der Waals surface area contributed by atoms with E-state index in [-0.39, 0.29) is 23.7 Å². The fourth-order valence-corrected chi connectivity index (χ4v) is 2.50. The van der Waals surface area contributed by atoms with Gasteiger partial charge in [0.1, 0.15) is 5.78 Å². The lowest BCUT2D eigenvalue weighted by Crippen LogP contribution is -2.33. The summed E-state index contributed by atoms with van der Waals surface area (Å²) < 4.78 is 0. The average Bonchev–Trinajstić information content (AvgIpc) is 2.30. The zero-order valence-electron chi connectivity index (χ0n) is 6.95. The molecule has 0 heterocycles. The quantitative estimate of drug-likeness (QED) is 0.617. The molecule has 66 valence electrons. The fourth-order valence-electron chi connectivity index (χ4n) is 2.50. The van der Waals surface area contributed by atoms with Gasteiger partial charge in [0.2, 0.25) is 5.91 Å². The molecule has 0 aliphatic heterocycles. The molecular formula is C9H13NO2. The van der Waals surface area contributed by atoms with Crippen molar-refractivity contribution in [2.75, 3.05) is 0 Å². The maximum atomic E-state index is 11.4. The molecule has 2 fully saturated rings. The summed E-state index contributed by atoms with van der Waals surface area (Å²) in [5.41, 5.74) is 5.21. The summed E-state index contributed by atoms with van der Waals surface area (Å²) in [6.45, 7) is 0. The Morgan fingerprint density at radius 2 is 1.75 bits per heavy atom. The van der Waals surface area contributed by atoms with Gasteiger partial charge in [-0.2, -0.15) is 0 Å². The van der Waals surface area contributed by atoms with Gasteiger partial charge in [-0.25, -0.2) is 0 Å². The van der Waals surface area contributed by atoms with Crippen molar-refractivity contribution in [3.05, 3.63) is 0 Å². The van der Waals surface area contributed by atoms with Gasteiger partial charge in [0.15, 0.2) is 0 Å². The summed E-state index contributed by atoms with van der Waals surface area (Å²) in [6, 6.07) is 0. The van der Waals surface area contributed by atoms with Crippen molar-refractivity contribution < 1.29 is 9.59 Å². The molecular weight excluding hydrogens is 154 g/mol. The Morgan fingerprint density at radius 1 is 1.25 bits per heavy atom. The van der Waals surface area contributed by atoms with E-state index in [0.29, 0.717) is 18.6 Å². The molecule has 3 heteroatoms. The van der Waals surface area contributed by atoms with Gasteiger partial charge in [-0.1, -0.05) is 0 Å². The number of hydrogen-bond donors (Lipinski definition) is 1. The molecule has 2 aliphatic carbocycles. The minimum absolute atomic E-state index is 0.0276. The summed E-state index contributed by atoms with van der Waals surface area (Å²) >= 11 is 0. The number of primary amides is 1. The van der Waals surface area contributed by atoms with Crippen molar-refractivity contribution in [1.29, 1.82) is 0 Å². The maximum absolute atomic E-state index is 11.4. The first kappa shape index (κ1) is 7.77. The SMILES string of the molecule is NC(=O)C1C[C@H]2CC[C@H](C1)C2=O. The lowest BCUT2D eigenvalue weighted by molar-refractivity contribution is -0.130.